The normalized spacial score (nSPS) is 13.0. The predicted octanol–water partition coefficient (Wildman–Crippen LogP) is 1.70. The van der Waals surface area contributed by atoms with Crippen LogP contribution in [0.2, 0.25) is 0 Å². The van der Waals surface area contributed by atoms with Crippen molar-refractivity contribution < 1.29 is 13.2 Å². The van der Waals surface area contributed by atoms with E-state index >= 15 is 0 Å². The van der Waals surface area contributed by atoms with E-state index in [9.17, 15) is 13.2 Å². The minimum Gasteiger partial charge on any atom is -0.353 e. The fourth-order valence-corrected chi connectivity index (χ4v) is 3.39. The Kier molecular flexibility index (Phi) is 5.20. The van der Waals surface area contributed by atoms with E-state index < -0.39 is 21.0 Å². The summed E-state index contributed by atoms with van der Waals surface area (Å²) in [5.74, 6) is -0.632. The highest BCUT2D eigenvalue weighted by molar-refractivity contribution is 7.92. The molecule has 0 fully saturated rings. The zero-order chi connectivity index (χ0) is 17.0. The lowest BCUT2D eigenvalue weighted by atomic mass is 10.2. The van der Waals surface area contributed by atoms with Gasteiger partial charge in [0.1, 0.15) is 5.25 Å². The highest BCUT2D eigenvalue weighted by Crippen LogP contribution is 2.14. The van der Waals surface area contributed by atoms with Gasteiger partial charge in [0.25, 0.3) is 0 Å². The van der Waals surface area contributed by atoms with Crippen LogP contribution in [0.5, 0.6) is 0 Å². The van der Waals surface area contributed by atoms with Gasteiger partial charge in [-0.15, -0.1) is 0 Å². The zero-order valence-corrected chi connectivity index (χ0v) is 14.2. The van der Waals surface area contributed by atoms with E-state index in [1.807, 2.05) is 12.3 Å². The molecule has 1 atom stereocenters. The van der Waals surface area contributed by atoms with Crippen LogP contribution in [0, 0.1) is 0 Å². The number of aromatic nitrogens is 2. The highest BCUT2D eigenvalue weighted by Gasteiger charge is 2.28. The standard InChI is InChI=1S/C16H21N3O3S/c1-12(2)18-16(20)13(3)23(21,22)11-14-5-7-15(8-6-14)19-10-4-9-17-19/h4-10,12-13H,11H2,1-3H3,(H,18,20)/t13-/m1/s1. The molecule has 0 unspecified atom stereocenters. The van der Waals surface area contributed by atoms with Gasteiger partial charge >= 0.3 is 0 Å². The molecular weight excluding hydrogens is 314 g/mol. The van der Waals surface area contributed by atoms with Crippen molar-refractivity contribution in [2.45, 2.75) is 37.8 Å². The van der Waals surface area contributed by atoms with Crippen LogP contribution in [-0.2, 0) is 20.4 Å². The molecule has 0 saturated heterocycles. The summed E-state index contributed by atoms with van der Waals surface area (Å²) in [6.45, 7) is 5.02. The largest absolute Gasteiger partial charge is 0.353 e. The third kappa shape index (κ3) is 4.41. The molecule has 0 aliphatic carbocycles. The third-order valence-electron chi connectivity index (χ3n) is 3.41. The molecule has 7 heteroatoms. The molecule has 1 aromatic carbocycles. The number of amides is 1. The molecular formula is C16H21N3O3S. The minimum atomic E-state index is -3.56. The Morgan fingerprint density at radius 2 is 1.87 bits per heavy atom. The van der Waals surface area contributed by atoms with Crippen LogP contribution in [0.1, 0.15) is 26.3 Å². The molecule has 0 aliphatic rings. The number of rotatable bonds is 6. The van der Waals surface area contributed by atoms with Crippen LogP contribution in [-0.4, -0.2) is 35.4 Å². The van der Waals surface area contributed by atoms with E-state index in [0.717, 1.165) is 5.69 Å². The van der Waals surface area contributed by atoms with Crippen molar-refractivity contribution in [3.05, 3.63) is 48.3 Å². The molecule has 0 radical (unpaired) electrons. The number of hydrogen-bond donors (Lipinski definition) is 1. The monoisotopic (exact) mass is 335 g/mol. The van der Waals surface area contributed by atoms with E-state index in [2.05, 4.69) is 10.4 Å². The van der Waals surface area contributed by atoms with Crippen molar-refractivity contribution in [2.75, 3.05) is 0 Å². The quantitative estimate of drug-likeness (QED) is 0.871. The second kappa shape index (κ2) is 6.95. The maximum Gasteiger partial charge on any atom is 0.238 e. The first-order valence-electron chi connectivity index (χ1n) is 7.40. The summed E-state index contributed by atoms with van der Waals surface area (Å²) in [7, 11) is -3.56. The number of benzene rings is 1. The summed E-state index contributed by atoms with van der Waals surface area (Å²) in [5, 5.41) is 5.67. The fraction of sp³-hybridized carbons (Fsp3) is 0.375. The summed E-state index contributed by atoms with van der Waals surface area (Å²) in [4.78, 5) is 11.9. The lowest BCUT2D eigenvalue weighted by Gasteiger charge is -2.15. The molecule has 1 aromatic heterocycles. The van der Waals surface area contributed by atoms with E-state index in [4.69, 9.17) is 0 Å². The second-order valence-corrected chi connectivity index (χ2v) is 8.05. The first-order valence-corrected chi connectivity index (χ1v) is 9.12. The molecule has 124 valence electrons. The van der Waals surface area contributed by atoms with Crippen LogP contribution in [0.3, 0.4) is 0 Å². The second-order valence-electron chi connectivity index (χ2n) is 5.73. The van der Waals surface area contributed by atoms with E-state index in [1.54, 1.807) is 49.0 Å². The van der Waals surface area contributed by atoms with Crippen molar-refractivity contribution in [3.63, 3.8) is 0 Å². The molecule has 1 N–H and O–H groups in total. The molecule has 6 nitrogen and oxygen atoms in total. The third-order valence-corrected chi connectivity index (χ3v) is 5.44. The number of hydrogen-bond acceptors (Lipinski definition) is 4. The summed E-state index contributed by atoms with van der Waals surface area (Å²) in [6.07, 6.45) is 3.48. The molecule has 2 rings (SSSR count). The van der Waals surface area contributed by atoms with Crippen LogP contribution in [0.15, 0.2) is 42.7 Å². The molecule has 1 heterocycles. The number of nitrogens with zero attached hydrogens (tertiary/aromatic N) is 2. The Labute approximate surface area is 136 Å². The van der Waals surface area contributed by atoms with Crippen molar-refractivity contribution in [1.29, 1.82) is 0 Å². The van der Waals surface area contributed by atoms with Gasteiger partial charge in [-0.25, -0.2) is 13.1 Å². The molecule has 1 amide bonds. The summed E-state index contributed by atoms with van der Waals surface area (Å²) >= 11 is 0. The van der Waals surface area contributed by atoms with Gasteiger partial charge in [-0.05, 0) is 44.5 Å². The number of carbonyl (C=O) groups excluding carboxylic acids is 1. The number of nitrogens with one attached hydrogen (secondary N) is 1. The van der Waals surface area contributed by atoms with Gasteiger partial charge < -0.3 is 5.32 Å². The molecule has 23 heavy (non-hydrogen) atoms. The Hall–Kier alpha value is -2.15. The maximum atomic E-state index is 12.4. The SMILES string of the molecule is CC(C)NC(=O)[C@@H](C)S(=O)(=O)Cc1ccc(-n2cccn2)cc1. The van der Waals surface area contributed by atoms with Crippen LogP contribution >= 0.6 is 0 Å². The average molecular weight is 335 g/mol. The van der Waals surface area contributed by atoms with Gasteiger partial charge in [0, 0.05) is 18.4 Å². The molecule has 0 spiro atoms. The summed E-state index contributed by atoms with van der Waals surface area (Å²) in [5.41, 5.74) is 1.49. The van der Waals surface area contributed by atoms with E-state index in [1.165, 1.54) is 6.92 Å². The first kappa shape index (κ1) is 17.2. The first-order chi connectivity index (χ1) is 10.8. The molecule has 0 saturated carbocycles. The Bertz CT molecular complexity index is 750. The lowest BCUT2D eigenvalue weighted by molar-refractivity contribution is -0.120. The average Bonchev–Trinajstić information content (AvgIpc) is 3.00. The molecule has 0 bridgehead atoms. The van der Waals surface area contributed by atoms with Gasteiger partial charge in [-0.1, -0.05) is 12.1 Å². The smallest absolute Gasteiger partial charge is 0.238 e. The Balaban J connectivity index is 2.10. The topological polar surface area (TPSA) is 81.1 Å². The highest BCUT2D eigenvalue weighted by atomic mass is 32.2. The fourth-order valence-electron chi connectivity index (χ4n) is 2.09. The summed E-state index contributed by atoms with van der Waals surface area (Å²) < 4.78 is 26.4. The van der Waals surface area contributed by atoms with Crippen LogP contribution in [0.25, 0.3) is 5.69 Å². The number of sulfone groups is 1. The van der Waals surface area contributed by atoms with Gasteiger partial charge in [-0.3, -0.25) is 4.79 Å². The van der Waals surface area contributed by atoms with Crippen molar-refractivity contribution in [2.24, 2.45) is 0 Å². The van der Waals surface area contributed by atoms with Gasteiger partial charge in [0.15, 0.2) is 9.84 Å². The predicted molar refractivity (Wildman–Crippen MR) is 88.9 cm³/mol. The zero-order valence-electron chi connectivity index (χ0n) is 13.4. The van der Waals surface area contributed by atoms with E-state index in [0.29, 0.717) is 5.56 Å². The Morgan fingerprint density at radius 3 is 2.39 bits per heavy atom. The van der Waals surface area contributed by atoms with Gasteiger partial charge in [-0.2, -0.15) is 5.10 Å². The molecule has 0 aliphatic heterocycles. The molecule has 2 aromatic rings. The summed E-state index contributed by atoms with van der Waals surface area (Å²) in [6, 6.07) is 8.80. The van der Waals surface area contributed by atoms with E-state index in [-0.39, 0.29) is 11.8 Å². The van der Waals surface area contributed by atoms with Gasteiger partial charge in [0.05, 0.1) is 11.4 Å². The van der Waals surface area contributed by atoms with Crippen molar-refractivity contribution >= 4 is 15.7 Å². The van der Waals surface area contributed by atoms with Crippen molar-refractivity contribution in [1.82, 2.24) is 15.1 Å². The van der Waals surface area contributed by atoms with Gasteiger partial charge in [0.2, 0.25) is 5.91 Å². The number of carbonyl (C=O) groups is 1. The minimum absolute atomic E-state index is 0.0893. The lowest BCUT2D eigenvalue weighted by Crippen LogP contribution is -2.41. The maximum absolute atomic E-state index is 12.4. The van der Waals surface area contributed by atoms with Crippen LogP contribution in [0.4, 0.5) is 0 Å². The van der Waals surface area contributed by atoms with Crippen LogP contribution < -0.4 is 5.32 Å². The Morgan fingerprint density at radius 1 is 1.22 bits per heavy atom. The van der Waals surface area contributed by atoms with Crippen molar-refractivity contribution in [3.8, 4) is 5.69 Å².